The SMILES string of the molecule is CCCCCCCCCCC[CH2][Al]([CH3])[CH3].Cl. The lowest BCUT2D eigenvalue weighted by molar-refractivity contribution is 0.562. The van der Waals surface area contributed by atoms with Crippen molar-refractivity contribution in [3.8, 4) is 0 Å². The van der Waals surface area contributed by atoms with Gasteiger partial charge in [0.05, 0.1) is 0 Å². The van der Waals surface area contributed by atoms with Crippen molar-refractivity contribution in [3.05, 3.63) is 0 Å². The van der Waals surface area contributed by atoms with Crippen LogP contribution in [0.3, 0.4) is 0 Å². The molecule has 16 heavy (non-hydrogen) atoms. The van der Waals surface area contributed by atoms with Crippen molar-refractivity contribution in [2.24, 2.45) is 0 Å². The molecular weight excluding hydrogens is 231 g/mol. The summed E-state index contributed by atoms with van der Waals surface area (Å²) in [5.74, 6) is 4.93. The minimum atomic E-state index is -0.249. The number of hydrogen-bond acceptors (Lipinski definition) is 0. The Morgan fingerprint density at radius 3 is 1.38 bits per heavy atom. The average Bonchev–Trinajstić information content (AvgIpc) is 2.20. The number of rotatable bonds is 11. The molecule has 0 N–H and O–H groups in total. The van der Waals surface area contributed by atoms with Crippen LogP contribution >= 0.6 is 12.4 Å². The Balaban J connectivity index is 0. The van der Waals surface area contributed by atoms with Crippen molar-refractivity contribution in [1.29, 1.82) is 0 Å². The van der Waals surface area contributed by atoms with E-state index in [1.54, 1.807) is 5.28 Å². The van der Waals surface area contributed by atoms with Crippen molar-refractivity contribution in [2.75, 3.05) is 0 Å². The molecule has 0 heterocycles. The molecule has 0 aliphatic rings. The molecule has 2 heteroatoms. The van der Waals surface area contributed by atoms with Gasteiger partial charge >= 0.3 is 0 Å². The molecule has 0 amide bonds. The number of hydrogen-bond donors (Lipinski definition) is 0. The first-order valence-corrected chi connectivity index (χ1v) is 10.4. The third kappa shape index (κ3) is 17.2. The maximum absolute atomic E-state index is 2.47. The highest BCUT2D eigenvalue weighted by atomic mass is 35.5. The quantitative estimate of drug-likeness (QED) is 0.312. The molecule has 0 nitrogen and oxygen atoms in total. The Hall–Kier alpha value is 0.822. The summed E-state index contributed by atoms with van der Waals surface area (Å²) in [6, 6.07) is 0. The standard InChI is InChI=1S/C12H25.2CH3.Al.ClH/c1-3-5-7-9-11-12-10-8-6-4-2;;;;/h1,3-12H2,2H3;2*1H3;;1H. The molecule has 0 aromatic heterocycles. The van der Waals surface area contributed by atoms with Gasteiger partial charge in [0.25, 0.3) is 14.1 Å². The van der Waals surface area contributed by atoms with Crippen LogP contribution in [0.4, 0.5) is 0 Å². The summed E-state index contributed by atoms with van der Waals surface area (Å²) in [6.45, 7) is 2.29. The molecular formula is C14H32AlCl. The molecule has 0 saturated carbocycles. The Morgan fingerprint density at radius 1 is 0.625 bits per heavy atom. The van der Waals surface area contributed by atoms with E-state index in [4.69, 9.17) is 0 Å². The average molecular weight is 263 g/mol. The second-order valence-corrected chi connectivity index (χ2v) is 8.73. The van der Waals surface area contributed by atoms with Gasteiger partial charge < -0.3 is 0 Å². The first-order chi connectivity index (χ1) is 7.27. The van der Waals surface area contributed by atoms with E-state index in [0.717, 1.165) is 0 Å². The molecule has 98 valence electrons. The van der Waals surface area contributed by atoms with Gasteiger partial charge in [0.15, 0.2) is 0 Å². The molecule has 0 aliphatic heterocycles. The molecule has 0 fully saturated rings. The normalized spacial score (nSPS) is 9.94. The van der Waals surface area contributed by atoms with Crippen LogP contribution in [-0.2, 0) is 0 Å². The second-order valence-electron chi connectivity index (χ2n) is 5.36. The molecule has 0 aromatic rings. The Bertz CT molecular complexity index is 115. The molecule has 0 aromatic carbocycles. The molecule has 0 atom stereocenters. The molecule has 0 unspecified atom stereocenters. The molecule has 0 spiro atoms. The summed E-state index contributed by atoms with van der Waals surface area (Å²) in [5.41, 5.74) is 0. The van der Waals surface area contributed by atoms with Crippen molar-refractivity contribution >= 4 is 26.6 Å². The number of unbranched alkanes of at least 4 members (excludes halogenated alkanes) is 9. The Kier molecular flexibility index (Phi) is 19.0. The van der Waals surface area contributed by atoms with Gasteiger partial charge in [-0.15, -0.1) is 24.0 Å². The molecule has 0 aliphatic carbocycles. The summed E-state index contributed by atoms with van der Waals surface area (Å²) in [7, 11) is 0. The van der Waals surface area contributed by atoms with Crippen LogP contribution in [0.25, 0.3) is 0 Å². The van der Waals surface area contributed by atoms with Crippen molar-refractivity contribution in [3.63, 3.8) is 0 Å². The predicted octanol–water partition coefficient (Wildman–Crippen LogP) is 6.08. The van der Waals surface area contributed by atoms with E-state index in [2.05, 4.69) is 18.5 Å². The monoisotopic (exact) mass is 262 g/mol. The van der Waals surface area contributed by atoms with E-state index in [9.17, 15) is 0 Å². The summed E-state index contributed by atoms with van der Waals surface area (Å²) >= 11 is -0.249. The fraction of sp³-hybridized carbons (Fsp3) is 1.00. The number of halogens is 1. The Labute approximate surface area is 114 Å². The van der Waals surface area contributed by atoms with Crippen LogP contribution in [-0.4, -0.2) is 14.1 Å². The third-order valence-electron chi connectivity index (χ3n) is 3.14. The van der Waals surface area contributed by atoms with Gasteiger partial charge in [-0.25, -0.2) is 0 Å². The highest BCUT2D eigenvalue weighted by molar-refractivity contribution is 6.55. The Morgan fingerprint density at radius 2 is 1.00 bits per heavy atom. The van der Waals surface area contributed by atoms with E-state index in [1.807, 2.05) is 0 Å². The van der Waals surface area contributed by atoms with Gasteiger partial charge in [-0.05, 0) is 0 Å². The van der Waals surface area contributed by atoms with Crippen molar-refractivity contribution in [1.82, 2.24) is 0 Å². The first kappa shape index (κ1) is 19.2. The minimum Gasteiger partial charge on any atom is -0.147 e. The summed E-state index contributed by atoms with van der Waals surface area (Å²) < 4.78 is 0. The zero-order valence-corrected chi connectivity index (χ0v) is 13.7. The van der Waals surface area contributed by atoms with E-state index in [1.165, 1.54) is 64.2 Å². The van der Waals surface area contributed by atoms with Crippen LogP contribution in [0, 0.1) is 0 Å². The van der Waals surface area contributed by atoms with Gasteiger partial charge in [-0.2, -0.15) is 0 Å². The maximum atomic E-state index is 2.47. The topological polar surface area (TPSA) is 0 Å². The van der Waals surface area contributed by atoms with E-state index >= 15 is 0 Å². The maximum Gasteiger partial charge on any atom is 0.255 e. The van der Waals surface area contributed by atoms with Crippen LogP contribution in [0.1, 0.15) is 71.1 Å². The van der Waals surface area contributed by atoms with E-state index < -0.39 is 0 Å². The third-order valence-corrected chi connectivity index (χ3v) is 4.70. The van der Waals surface area contributed by atoms with Crippen molar-refractivity contribution < 1.29 is 0 Å². The van der Waals surface area contributed by atoms with Crippen molar-refractivity contribution in [2.45, 2.75) is 88.0 Å². The van der Waals surface area contributed by atoms with E-state index in [-0.39, 0.29) is 26.6 Å². The lowest BCUT2D eigenvalue weighted by Gasteiger charge is -2.02. The zero-order chi connectivity index (χ0) is 11.4. The summed E-state index contributed by atoms with van der Waals surface area (Å²) in [4.78, 5) is 0. The van der Waals surface area contributed by atoms with Crippen LogP contribution in [0.15, 0.2) is 0 Å². The van der Waals surface area contributed by atoms with Crippen LogP contribution in [0.5, 0.6) is 0 Å². The largest absolute Gasteiger partial charge is 0.255 e. The highest BCUT2D eigenvalue weighted by Crippen LogP contribution is 2.11. The summed E-state index contributed by atoms with van der Waals surface area (Å²) in [5, 5.41) is 1.57. The molecule has 0 saturated heterocycles. The zero-order valence-electron chi connectivity index (χ0n) is 11.8. The highest BCUT2D eigenvalue weighted by Gasteiger charge is 2.00. The van der Waals surface area contributed by atoms with Crippen LogP contribution in [0.2, 0.25) is 16.9 Å². The summed E-state index contributed by atoms with van der Waals surface area (Å²) in [6.07, 6.45) is 14.7. The molecule has 0 radical (unpaired) electrons. The second kappa shape index (κ2) is 15.8. The predicted molar refractivity (Wildman–Crippen MR) is 81.4 cm³/mol. The van der Waals surface area contributed by atoms with E-state index in [0.29, 0.717) is 0 Å². The molecule has 0 bridgehead atoms. The van der Waals surface area contributed by atoms with Gasteiger partial charge in [0, 0.05) is 0 Å². The van der Waals surface area contributed by atoms with Gasteiger partial charge in [0.2, 0.25) is 0 Å². The van der Waals surface area contributed by atoms with Gasteiger partial charge in [0.1, 0.15) is 0 Å². The lowest BCUT2D eigenvalue weighted by Crippen LogP contribution is -1.97. The minimum absolute atomic E-state index is 0. The fourth-order valence-electron chi connectivity index (χ4n) is 2.04. The molecule has 0 rings (SSSR count). The van der Waals surface area contributed by atoms with Crippen LogP contribution < -0.4 is 0 Å². The first-order valence-electron chi connectivity index (χ1n) is 7.27. The lowest BCUT2D eigenvalue weighted by atomic mass is 10.1. The van der Waals surface area contributed by atoms with Gasteiger partial charge in [-0.1, -0.05) is 76.4 Å². The fourth-order valence-corrected chi connectivity index (χ4v) is 3.15. The smallest absolute Gasteiger partial charge is 0.147 e. The van der Waals surface area contributed by atoms with Gasteiger partial charge in [-0.3, -0.25) is 0 Å².